The van der Waals surface area contributed by atoms with E-state index in [4.69, 9.17) is 0 Å². The molecule has 0 unspecified atom stereocenters. The number of pyridine rings is 2. The third kappa shape index (κ3) is 4.49. The van der Waals surface area contributed by atoms with Crippen LogP contribution in [0.4, 0.5) is 11.4 Å². The molecule has 2 heterocycles. The summed E-state index contributed by atoms with van der Waals surface area (Å²) < 4.78 is 0. The second-order valence-corrected chi connectivity index (χ2v) is 4.13. The normalized spacial score (nSPS) is 9.80. The molecule has 2 aromatic rings. The van der Waals surface area contributed by atoms with Gasteiger partial charge in [0, 0.05) is 25.1 Å². The fourth-order valence-corrected chi connectivity index (χ4v) is 1.58. The summed E-state index contributed by atoms with van der Waals surface area (Å²) in [5, 5.41) is 5.37. The Labute approximate surface area is 116 Å². The molecular formula is C14H15N4O2+. The van der Waals surface area contributed by atoms with Crippen LogP contribution in [-0.2, 0) is 9.59 Å². The number of nitrogens with one attached hydrogen (secondary N) is 3. The Balaban J connectivity index is 1.75. The van der Waals surface area contributed by atoms with E-state index in [0.29, 0.717) is 11.4 Å². The van der Waals surface area contributed by atoms with Crippen LogP contribution in [0.2, 0.25) is 0 Å². The molecule has 2 rings (SSSR count). The van der Waals surface area contributed by atoms with E-state index in [9.17, 15) is 9.59 Å². The van der Waals surface area contributed by atoms with Gasteiger partial charge in [-0.1, -0.05) is 0 Å². The van der Waals surface area contributed by atoms with Gasteiger partial charge in [-0.25, -0.2) is 4.98 Å². The van der Waals surface area contributed by atoms with Crippen LogP contribution >= 0.6 is 0 Å². The highest BCUT2D eigenvalue weighted by atomic mass is 16.2. The predicted octanol–water partition coefficient (Wildman–Crippen LogP) is 1.25. The molecule has 0 radical (unpaired) electrons. The number of hydrogen-bond acceptors (Lipinski definition) is 3. The van der Waals surface area contributed by atoms with Crippen molar-refractivity contribution in [2.24, 2.45) is 0 Å². The van der Waals surface area contributed by atoms with Gasteiger partial charge in [-0.15, -0.1) is 0 Å². The molecule has 0 fully saturated rings. The van der Waals surface area contributed by atoms with Crippen molar-refractivity contribution in [2.45, 2.75) is 12.8 Å². The zero-order chi connectivity index (χ0) is 14.2. The van der Waals surface area contributed by atoms with Gasteiger partial charge in [0.25, 0.3) is 0 Å². The van der Waals surface area contributed by atoms with Gasteiger partial charge in [0.05, 0.1) is 11.9 Å². The molecule has 0 aliphatic carbocycles. The van der Waals surface area contributed by atoms with Crippen LogP contribution in [-0.4, -0.2) is 16.8 Å². The zero-order valence-electron chi connectivity index (χ0n) is 10.8. The van der Waals surface area contributed by atoms with Crippen molar-refractivity contribution >= 4 is 23.2 Å². The lowest BCUT2D eigenvalue weighted by molar-refractivity contribution is -0.377. The van der Waals surface area contributed by atoms with Crippen LogP contribution in [0.1, 0.15) is 12.8 Å². The standard InChI is InChI=1S/C14H14N4O2/c19-13(17-11-3-1-7-15-9-11)5-6-14(20)18-12-4-2-8-16-10-12/h1-4,7-10H,5-6H2,(H,17,19)(H,18,20)/p+1. The lowest BCUT2D eigenvalue weighted by Crippen LogP contribution is -2.18. The van der Waals surface area contributed by atoms with Crippen LogP contribution in [0.25, 0.3) is 0 Å². The summed E-state index contributed by atoms with van der Waals surface area (Å²) in [5.41, 5.74) is 1.29. The molecule has 6 nitrogen and oxygen atoms in total. The average molecular weight is 271 g/mol. The van der Waals surface area contributed by atoms with Gasteiger partial charge in [0.2, 0.25) is 11.8 Å². The van der Waals surface area contributed by atoms with Crippen LogP contribution in [0.5, 0.6) is 0 Å². The molecule has 102 valence electrons. The highest BCUT2D eigenvalue weighted by Crippen LogP contribution is 2.06. The van der Waals surface area contributed by atoms with Gasteiger partial charge in [-0.05, 0) is 18.2 Å². The molecule has 0 aliphatic rings. The molecule has 0 spiro atoms. The maximum Gasteiger partial charge on any atom is 0.225 e. The fourth-order valence-electron chi connectivity index (χ4n) is 1.58. The van der Waals surface area contributed by atoms with Gasteiger partial charge in [-0.2, -0.15) is 0 Å². The second kappa shape index (κ2) is 6.98. The number of amides is 2. The lowest BCUT2D eigenvalue weighted by Gasteiger charge is -2.05. The van der Waals surface area contributed by atoms with Crippen LogP contribution in [0.15, 0.2) is 49.1 Å². The van der Waals surface area contributed by atoms with Gasteiger partial charge in [-0.3, -0.25) is 14.6 Å². The SMILES string of the molecule is O=C(CCC(=O)Nc1ccc[nH+]c1)Nc1cccnc1. The third-order valence-electron chi connectivity index (χ3n) is 2.52. The Morgan fingerprint density at radius 1 is 1.05 bits per heavy atom. The molecule has 3 N–H and O–H groups in total. The predicted molar refractivity (Wildman–Crippen MR) is 73.7 cm³/mol. The van der Waals surface area contributed by atoms with Gasteiger partial charge in [0.15, 0.2) is 12.4 Å². The van der Waals surface area contributed by atoms with E-state index in [1.54, 1.807) is 49.1 Å². The molecule has 0 atom stereocenters. The molecular weight excluding hydrogens is 256 g/mol. The first-order valence-corrected chi connectivity index (χ1v) is 6.20. The summed E-state index contributed by atoms with van der Waals surface area (Å²) in [6, 6.07) is 7.02. The van der Waals surface area contributed by atoms with Gasteiger partial charge in [0.1, 0.15) is 5.69 Å². The minimum atomic E-state index is -0.215. The highest BCUT2D eigenvalue weighted by molar-refractivity contribution is 5.96. The van der Waals surface area contributed by atoms with E-state index in [-0.39, 0.29) is 24.7 Å². The number of anilines is 2. The maximum atomic E-state index is 11.7. The van der Waals surface area contributed by atoms with E-state index < -0.39 is 0 Å². The molecule has 0 aromatic carbocycles. The molecule has 2 amide bonds. The number of nitrogens with zero attached hydrogens (tertiary/aromatic N) is 1. The molecule has 0 aliphatic heterocycles. The summed E-state index contributed by atoms with van der Waals surface area (Å²) in [6.07, 6.45) is 6.85. The van der Waals surface area contributed by atoms with Crippen molar-refractivity contribution in [1.82, 2.24) is 4.98 Å². The van der Waals surface area contributed by atoms with Crippen LogP contribution < -0.4 is 15.6 Å². The number of hydrogen-bond donors (Lipinski definition) is 2. The first-order chi connectivity index (χ1) is 9.74. The van der Waals surface area contributed by atoms with Crippen molar-refractivity contribution in [1.29, 1.82) is 0 Å². The first-order valence-electron chi connectivity index (χ1n) is 6.20. The van der Waals surface area contributed by atoms with E-state index in [0.717, 1.165) is 0 Å². The van der Waals surface area contributed by atoms with Gasteiger partial charge < -0.3 is 10.6 Å². The van der Waals surface area contributed by atoms with E-state index in [1.165, 1.54) is 0 Å². The van der Waals surface area contributed by atoms with E-state index in [2.05, 4.69) is 20.6 Å². The van der Waals surface area contributed by atoms with Crippen LogP contribution in [0.3, 0.4) is 0 Å². The largest absolute Gasteiger partial charge is 0.325 e. The third-order valence-corrected chi connectivity index (χ3v) is 2.52. The molecule has 6 heteroatoms. The summed E-state index contributed by atoms with van der Waals surface area (Å²) in [4.78, 5) is 30.1. The number of rotatable bonds is 5. The smallest absolute Gasteiger partial charge is 0.225 e. The number of aromatic amines is 1. The zero-order valence-corrected chi connectivity index (χ0v) is 10.8. The molecule has 0 saturated heterocycles. The molecule has 0 saturated carbocycles. The topological polar surface area (TPSA) is 85.2 Å². The Morgan fingerprint density at radius 3 is 2.35 bits per heavy atom. The number of carbonyl (C=O) groups excluding carboxylic acids is 2. The monoisotopic (exact) mass is 271 g/mol. The Bertz CT molecular complexity index is 519. The van der Waals surface area contributed by atoms with E-state index in [1.807, 2.05) is 0 Å². The first kappa shape index (κ1) is 13.7. The number of H-pyrrole nitrogens is 1. The highest BCUT2D eigenvalue weighted by Gasteiger charge is 2.08. The minimum absolute atomic E-state index is 0.122. The second-order valence-electron chi connectivity index (χ2n) is 4.13. The lowest BCUT2D eigenvalue weighted by atomic mass is 10.2. The van der Waals surface area contributed by atoms with E-state index >= 15 is 0 Å². The summed E-state index contributed by atoms with van der Waals surface area (Å²) in [7, 11) is 0. The Hall–Kier alpha value is -2.76. The molecule has 20 heavy (non-hydrogen) atoms. The average Bonchev–Trinajstić information content (AvgIpc) is 2.47. The quantitative estimate of drug-likeness (QED) is 0.858. The Morgan fingerprint density at radius 2 is 1.75 bits per heavy atom. The Kier molecular flexibility index (Phi) is 4.77. The van der Waals surface area contributed by atoms with Crippen molar-refractivity contribution in [3.05, 3.63) is 49.1 Å². The van der Waals surface area contributed by atoms with Crippen molar-refractivity contribution in [2.75, 3.05) is 10.6 Å². The minimum Gasteiger partial charge on any atom is -0.325 e. The van der Waals surface area contributed by atoms with Crippen molar-refractivity contribution in [3.63, 3.8) is 0 Å². The van der Waals surface area contributed by atoms with Crippen molar-refractivity contribution < 1.29 is 14.6 Å². The van der Waals surface area contributed by atoms with Gasteiger partial charge >= 0.3 is 0 Å². The molecule has 2 aromatic heterocycles. The summed E-state index contributed by atoms with van der Waals surface area (Å²) >= 11 is 0. The van der Waals surface area contributed by atoms with Crippen LogP contribution in [0, 0.1) is 0 Å². The van der Waals surface area contributed by atoms with Crippen molar-refractivity contribution in [3.8, 4) is 0 Å². The molecule has 0 bridgehead atoms. The fraction of sp³-hybridized carbons (Fsp3) is 0.143. The maximum absolute atomic E-state index is 11.7. The summed E-state index contributed by atoms with van der Waals surface area (Å²) in [5.74, 6) is -0.418. The number of carbonyl (C=O) groups is 2. The number of aromatic nitrogens is 2. The summed E-state index contributed by atoms with van der Waals surface area (Å²) in [6.45, 7) is 0.